The fourth-order valence-electron chi connectivity index (χ4n) is 4.94. The standard InChI is InChI=1S/C26H29FN4O.C2HF3O2/c1-17-25(18(2)31(29-17)24-10-7-21(27)8-11-24)26(32)28-22-9-6-19-12-14-30(23-4-3-5-23)15-13-20(19)16-22;3-2(4,5)1(6)7/h6-11,16,23H,3-5,12-15H2,1-2H3,(H,28,32);(H,6,7). The minimum atomic E-state index is -5.08. The molecule has 208 valence electrons. The maximum atomic E-state index is 13.3. The number of aryl methyl sites for hydroxylation is 1. The zero-order chi connectivity index (χ0) is 28.3. The topological polar surface area (TPSA) is 87.5 Å². The summed E-state index contributed by atoms with van der Waals surface area (Å²) in [6.07, 6.45) is 1.05. The van der Waals surface area contributed by atoms with E-state index in [0.29, 0.717) is 11.3 Å². The van der Waals surface area contributed by atoms with Gasteiger partial charge in [0.15, 0.2) is 0 Å². The summed E-state index contributed by atoms with van der Waals surface area (Å²) < 4.78 is 46.7. The van der Waals surface area contributed by atoms with Crippen molar-refractivity contribution in [3.05, 3.63) is 76.4 Å². The number of hydrogen-bond acceptors (Lipinski definition) is 4. The molecule has 0 unspecified atom stereocenters. The maximum absolute atomic E-state index is 13.3. The lowest BCUT2D eigenvalue weighted by molar-refractivity contribution is -0.192. The lowest BCUT2D eigenvalue weighted by Gasteiger charge is -2.36. The summed E-state index contributed by atoms with van der Waals surface area (Å²) in [4.78, 5) is 24.7. The van der Waals surface area contributed by atoms with Crippen molar-refractivity contribution in [2.24, 2.45) is 0 Å². The molecule has 11 heteroatoms. The minimum Gasteiger partial charge on any atom is -0.475 e. The van der Waals surface area contributed by atoms with Crippen LogP contribution < -0.4 is 5.32 Å². The number of alkyl halides is 3. The Hall–Kier alpha value is -3.73. The molecule has 5 rings (SSSR count). The predicted molar refractivity (Wildman–Crippen MR) is 138 cm³/mol. The molecule has 1 fully saturated rings. The van der Waals surface area contributed by atoms with Crippen molar-refractivity contribution >= 4 is 17.6 Å². The van der Waals surface area contributed by atoms with Crippen LogP contribution in [0.25, 0.3) is 5.69 Å². The van der Waals surface area contributed by atoms with E-state index in [1.54, 1.807) is 16.8 Å². The molecule has 1 aliphatic heterocycles. The second kappa shape index (κ2) is 11.6. The number of rotatable bonds is 4. The third-order valence-electron chi connectivity index (χ3n) is 7.22. The summed E-state index contributed by atoms with van der Waals surface area (Å²) in [5.41, 5.74) is 6.21. The molecule has 2 aromatic carbocycles. The van der Waals surface area contributed by atoms with Crippen LogP contribution in [0.5, 0.6) is 0 Å². The van der Waals surface area contributed by atoms with Crippen LogP contribution in [0.3, 0.4) is 0 Å². The second-order valence-corrected chi connectivity index (χ2v) is 9.80. The molecule has 1 aromatic heterocycles. The first-order chi connectivity index (χ1) is 18.4. The lowest BCUT2D eigenvalue weighted by Crippen LogP contribution is -2.41. The predicted octanol–water partition coefficient (Wildman–Crippen LogP) is 5.47. The van der Waals surface area contributed by atoms with Crippen LogP contribution in [0.15, 0.2) is 42.5 Å². The van der Waals surface area contributed by atoms with E-state index < -0.39 is 12.1 Å². The molecule has 2 N–H and O–H groups in total. The molecule has 1 saturated carbocycles. The molecule has 2 aliphatic rings. The van der Waals surface area contributed by atoms with E-state index in [0.717, 1.165) is 49.0 Å². The van der Waals surface area contributed by atoms with Gasteiger partial charge in [-0.05, 0) is 87.1 Å². The number of carbonyl (C=O) groups is 2. The van der Waals surface area contributed by atoms with Crippen LogP contribution in [0, 0.1) is 19.7 Å². The molecule has 0 spiro atoms. The zero-order valence-electron chi connectivity index (χ0n) is 21.7. The summed E-state index contributed by atoms with van der Waals surface area (Å²) in [5, 5.41) is 14.7. The van der Waals surface area contributed by atoms with Gasteiger partial charge in [0.2, 0.25) is 0 Å². The van der Waals surface area contributed by atoms with Crippen molar-refractivity contribution in [2.75, 3.05) is 18.4 Å². The average Bonchev–Trinajstić information content (AvgIpc) is 3.00. The first-order valence-electron chi connectivity index (χ1n) is 12.7. The molecule has 1 aliphatic carbocycles. The molecule has 2 heterocycles. The van der Waals surface area contributed by atoms with Gasteiger partial charge in [-0.3, -0.25) is 9.69 Å². The number of nitrogens with one attached hydrogen (secondary N) is 1. The molecule has 3 aromatic rings. The third kappa shape index (κ3) is 6.65. The Labute approximate surface area is 223 Å². The summed E-state index contributed by atoms with van der Waals surface area (Å²) in [7, 11) is 0. The summed E-state index contributed by atoms with van der Waals surface area (Å²) in [6, 6.07) is 13.2. The monoisotopic (exact) mass is 546 g/mol. The quantitative estimate of drug-likeness (QED) is 0.424. The van der Waals surface area contributed by atoms with E-state index in [2.05, 4.69) is 27.4 Å². The Bertz CT molecular complexity index is 1350. The van der Waals surface area contributed by atoms with Crippen molar-refractivity contribution in [1.29, 1.82) is 0 Å². The number of carbonyl (C=O) groups excluding carboxylic acids is 1. The van der Waals surface area contributed by atoms with Crippen molar-refractivity contribution in [3.63, 3.8) is 0 Å². The zero-order valence-corrected chi connectivity index (χ0v) is 21.7. The average molecular weight is 547 g/mol. The van der Waals surface area contributed by atoms with Gasteiger partial charge in [0, 0.05) is 24.8 Å². The van der Waals surface area contributed by atoms with Crippen LogP contribution in [0.1, 0.15) is 52.1 Å². The van der Waals surface area contributed by atoms with E-state index in [9.17, 15) is 22.4 Å². The fourth-order valence-corrected chi connectivity index (χ4v) is 4.94. The van der Waals surface area contributed by atoms with E-state index in [1.807, 2.05) is 19.9 Å². The summed E-state index contributed by atoms with van der Waals surface area (Å²) in [5.74, 6) is -3.22. The second-order valence-electron chi connectivity index (χ2n) is 9.80. The van der Waals surface area contributed by atoms with Gasteiger partial charge in [0.1, 0.15) is 5.82 Å². The minimum absolute atomic E-state index is 0.168. The van der Waals surface area contributed by atoms with Crippen LogP contribution >= 0.6 is 0 Å². The number of benzene rings is 2. The Morgan fingerprint density at radius 1 is 1.00 bits per heavy atom. The number of hydrogen-bond donors (Lipinski definition) is 2. The highest BCUT2D eigenvalue weighted by Crippen LogP contribution is 2.28. The molecule has 1 amide bonds. The number of fused-ring (bicyclic) bond motifs is 1. The van der Waals surface area contributed by atoms with Crippen LogP contribution in [-0.2, 0) is 17.6 Å². The molecule has 0 atom stereocenters. The van der Waals surface area contributed by atoms with Gasteiger partial charge in [0.25, 0.3) is 5.91 Å². The van der Waals surface area contributed by atoms with Crippen LogP contribution in [0.2, 0.25) is 0 Å². The number of aliphatic carboxylic acids is 1. The van der Waals surface area contributed by atoms with Crippen LogP contribution in [-0.4, -0.2) is 57.0 Å². The Morgan fingerprint density at radius 3 is 2.18 bits per heavy atom. The van der Waals surface area contributed by atoms with Gasteiger partial charge in [-0.25, -0.2) is 13.9 Å². The van der Waals surface area contributed by atoms with Crippen molar-refractivity contribution in [1.82, 2.24) is 14.7 Å². The Kier molecular flexibility index (Phi) is 8.39. The number of amides is 1. The number of carboxylic acid groups (broad SMARTS) is 1. The molecule has 0 radical (unpaired) electrons. The SMILES string of the molecule is Cc1nn(-c2ccc(F)cc2)c(C)c1C(=O)Nc1ccc2c(c1)CCN(C1CCC1)CC2.O=C(O)C(F)(F)F. The highest BCUT2D eigenvalue weighted by Gasteiger charge is 2.38. The molecule has 0 bridgehead atoms. The van der Waals surface area contributed by atoms with E-state index >= 15 is 0 Å². The summed E-state index contributed by atoms with van der Waals surface area (Å²) in [6.45, 7) is 5.92. The van der Waals surface area contributed by atoms with Crippen LogP contribution in [0.4, 0.5) is 23.2 Å². The first kappa shape index (κ1) is 28.3. The smallest absolute Gasteiger partial charge is 0.475 e. The summed E-state index contributed by atoms with van der Waals surface area (Å²) >= 11 is 0. The lowest BCUT2D eigenvalue weighted by atomic mass is 9.91. The van der Waals surface area contributed by atoms with E-state index in [-0.39, 0.29) is 11.7 Å². The van der Waals surface area contributed by atoms with Crippen molar-refractivity contribution in [3.8, 4) is 5.69 Å². The molecular weight excluding hydrogens is 516 g/mol. The first-order valence-corrected chi connectivity index (χ1v) is 12.7. The van der Waals surface area contributed by atoms with E-state index in [4.69, 9.17) is 9.90 Å². The Morgan fingerprint density at radius 2 is 1.62 bits per heavy atom. The Balaban J connectivity index is 0.000000448. The van der Waals surface area contributed by atoms with Gasteiger partial charge in [-0.15, -0.1) is 0 Å². The van der Waals surface area contributed by atoms with Crippen molar-refractivity contribution in [2.45, 2.75) is 58.2 Å². The molecule has 7 nitrogen and oxygen atoms in total. The number of carboxylic acids is 1. The van der Waals surface area contributed by atoms with Gasteiger partial charge in [-0.2, -0.15) is 18.3 Å². The fraction of sp³-hybridized carbons (Fsp3) is 0.393. The van der Waals surface area contributed by atoms with Gasteiger partial charge in [0.05, 0.1) is 22.6 Å². The third-order valence-corrected chi connectivity index (χ3v) is 7.22. The molecule has 39 heavy (non-hydrogen) atoms. The molecule has 0 saturated heterocycles. The molecular formula is C28H30F4N4O3. The number of nitrogens with zero attached hydrogens (tertiary/aromatic N) is 3. The number of aromatic nitrogens is 2. The number of halogens is 4. The normalized spacial score (nSPS) is 15.8. The number of anilines is 1. The van der Waals surface area contributed by atoms with Gasteiger partial charge < -0.3 is 10.4 Å². The van der Waals surface area contributed by atoms with Gasteiger partial charge in [-0.1, -0.05) is 12.5 Å². The highest BCUT2D eigenvalue weighted by atomic mass is 19.4. The highest BCUT2D eigenvalue weighted by molar-refractivity contribution is 6.06. The largest absolute Gasteiger partial charge is 0.490 e. The van der Waals surface area contributed by atoms with Gasteiger partial charge >= 0.3 is 12.1 Å². The van der Waals surface area contributed by atoms with Crippen molar-refractivity contribution < 1.29 is 32.3 Å². The maximum Gasteiger partial charge on any atom is 0.490 e. The van der Waals surface area contributed by atoms with E-state index in [1.165, 1.54) is 42.5 Å².